The lowest BCUT2D eigenvalue weighted by molar-refractivity contribution is -0.178. The minimum Gasteiger partial charge on any atom is -0.480 e. The van der Waals surface area contributed by atoms with E-state index in [0.717, 1.165) is 6.42 Å². The normalized spacial score (nSPS) is 29.8. The van der Waals surface area contributed by atoms with E-state index in [2.05, 4.69) is 0 Å². The SMILES string of the molecule is C[C@H]1CCC[C@](NC(=O)C(F)(F)F)(C(=O)O)C1. The van der Waals surface area contributed by atoms with Crippen LogP contribution in [0.1, 0.15) is 32.6 Å². The molecule has 4 nitrogen and oxygen atoms in total. The Bertz CT molecular complexity index is 329. The second-order valence-electron chi connectivity index (χ2n) is 4.54. The van der Waals surface area contributed by atoms with Gasteiger partial charge in [-0.25, -0.2) is 4.79 Å². The third kappa shape index (κ3) is 3.10. The van der Waals surface area contributed by atoms with Gasteiger partial charge in [0.25, 0.3) is 0 Å². The number of halogens is 3. The highest BCUT2D eigenvalue weighted by Gasteiger charge is 2.49. The lowest BCUT2D eigenvalue weighted by Crippen LogP contribution is -2.59. The minimum atomic E-state index is -5.05. The van der Waals surface area contributed by atoms with Crippen LogP contribution in [0.3, 0.4) is 0 Å². The van der Waals surface area contributed by atoms with E-state index >= 15 is 0 Å². The average Bonchev–Trinajstić information content (AvgIpc) is 2.15. The van der Waals surface area contributed by atoms with Gasteiger partial charge in [0, 0.05) is 0 Å². The molecule has 2 N–H and O–H groups in total. The molecule has 1 fully saturated rings. The predicted molar refractivity (Wildman–Crippen MR) is 52.2 cm³/mol. The molecule has 0 aromatic carbocycles. The second kappa shape index (κ2) is 4.54. The Hall–Kier alpha value is -1.27. The van der Waals surface area contributed by atoms with Crippen molar-refractivity contribution in [3.63, 3.8) is 0 Å². The molecule has 0 aromatic heterocycles. The number of hydrogen-bond acceptors (Lipinski definition) is 2. The van der Waals surface area contributed by atoms with Gasteiger partial charge in [-0.1, -0.05) is 19.8 Å². The summed E-state index contributed by atoms with van der Waals surface area (Å²) in [5.74, 6) is -3.61. The van der Waals surface area contributed by atoms with Gasteiger partial charge < -0.3 is 10.4 Å². The van der Waals surface area contributed by atoms with Gasteiger partial charge in [0.2, 0.25) is 0 Å². The molecule has 1 rings (SSSR count). The third-order valence-electron chi connectivity index (χ3n) is 3.02. The van der Waals surface area contributed by atoms with Gasteiger partial charge in [-0.3, -0.25) is 4.79 Å². The number of carbonyl (C=O) groups excluding carboxylic acids is 1. The minimum absolute atomic E-state index is 0.0200. The third-order valence-corrected chi connectivity index (χ3v) is 3.02. The standard InChI is InChI=1S/C10H14F3NO3/c1-6-3-2-4-9(5-6,8(16)17)14-7(15)10(11,12)13/h6H,2-5H2,1H3,(H,14,15)(H,16,17)/t6-,9+/m0/s1. The maximum atomic E-state index is 12.1. The van der Waals surface area contributed by atoms with Crippen LogP contribution in [0.25, 0.3) is 0 Å². The molecule has 1 aliphatic rings. The van der Waals surface area contributed by atoms with E-state index in [1.54, 1.807) is 12.2 Å². The smallest absolute Gasteiger partial charge is 0.471 e. The molecule has 0 unspecified atom stereocenters. The van der Waals surface area contributed by atoms with Gasteiger partial charge in [0.1, 0.15) is 5.54 Å². The van der Waals surface area contributed by atoms with Crippen LogP contribution in [0.2, 0.25) is 0 Å². The molecule has 2 atom stereocenters. The Morgan fingerprint density at radius 2 is 2.00 bits per heavy atom. The number of hydrogen-bond donors (Lipinski definition) is 2. The average molecular weight is 253 g/mol. The van der Waals surface area contributed by atoms with Crippen LogP contribution < -0.4 is 5.32 Å². The fraction of sp³-hybridized carbons (Fsp3) is 0.800. The first-order valence-electron chi connectivity index (χ1n) is 5.30. The van der Waals surface area contributed by atoms with Crippen molar-refractivity contribution in [3.8, 4) is 0 Å². The van der Waals surface area contributed by atoms with Crippen molar-refractivity contribution in [1.29, 1.82) is 0 Å². The number of rotatable bonds is 2. The monoisotopic (exact) mass is 253 g/mol. The van der Waals surface area contributed by atoms with Crippen LogP contribution >= 0.6 is 0 Å². The molecule has 98 valence electrons. The molecular weight excluding hydrogens is 239 g/mol. The van der Waals surface area contributed by atoms with Crippen molar-refractivity contribution in [1.82, 2.24) is 5.32 Å². The number of alkyl halides is 3. The summed E-state index contributed by atoms with van der Waals surface area (Å²) in [6, 6.07) is 0. The summed E-state index contributed by atoms with van der Waals surface area (Å²) in [4.78, 5) is 22.0. The van der Waals surface area contributed by atoms with Gasteiger partial charge >= 0.3 is 18.1 Å². The van der Waals surface area contributed by atoms with Crippen LogP contribution in [-0.2, 0) is 9.59 Å². The summed E-state index contributed by atoms with van der Waals surface area (Å²) < 4.78 is 36.4. The zero-order valence-corrected chi connectivity index (χ0v) is 9.30. The molecule has 7 heteroatoms. The van der Waals surface area contributed by atoms with Crippen LogP contribution in [0, 0.1) is 5.92 Å². The van der Waals surface area contributed by atoms with Crippen LogP contribution in [0.5, 0.6) is 0 Å². The fourth-order valence-corrected chi connectivity index (χ4v) is 2.20. The number of aliphatic carboxylic acids is 1. The summed E-state index contributed by atoms with van der Waals surface area (Å²) in [6.07, 6.45) is -3.73. The van der Waals surface area contributed by atoms with Crippen LogP contribution in [0.15, 0.2) is 0 Å². The molecule has 0 aliphatic heterocycles. The van der Waals surface area contributed by atoms with E-state index in [4.69, 9.17) is 5.11 Å². The topological polar surface area (TPSA) is 66.4 Å². The Morgan fingerprint density at radius 1 is 1.41 bits per heavy atom. The summed E-state index contributed by atoms with van der Waals surface area (Å²) in [6.45, 7) is 1.76. The number of carboxylic acids is 1. The summed E-state index contributed by atoms with van der Waals surface area (Å²) in [7, 11) is 0. The van der Waals surface area contributed by atoms with Crippen molar-refractivity contribution in [2.75, 3.05) is 0 Å². The number of nitrogens with one attached hydrogen (secondary N) is 1. The number of carbonyl (C=O) groups is 2. The first-order valence-corrected chi connectivity index (χ1v) is 5.30. The quantitative estimate of drug-likeness (QED) is 0.787. The predicted octanol–water partition coefficient (Wildman–Crippen LogP) is 1.70. The van der Waals surface area contributed by atoms with Crippen molar-refractivity contribution in [2.45, 2.75) is 44.3 Å². The van der Waals surface area contributed by atoms with Crippen molar-refractivity contribution >= 4 is 11.9 Å². The van der Waals surface area contributed by atoms with Crippen molar-refractivity contribution in [2.24, 2.45) is 5.92 Å². The lowest BCUT2D eigenvalue weighted by Gasteiger charge is -2.37. The molecule has 1 amide bonds. The fourth-order valence-electron chi connectivity index (χ4n) is 2.20. The van der Waals surface area contributed by atoms with Gasteiger partial charge in [0.05, 0.1) is 0 Å². The molecular formula is C10H14F3NO3. The highest BCUT2D eigenvalue weighted by molar-refractivity contribution is 5.89. The summed E-state index contributed by atoms with van der Waals surface area (Å²) >= 11 is 0. The molecule has 0 heterocycles. The van der Waals surface area contributed by atoms with Gasteiger partial charge in [0.15, 0.2) is 0 Å². The van der Waals surface area contributed by atoms with Gasteiger partial charge in [-0.15, -0.1) is 0 Å². The number of carboxylic acid groups (broad SMARTS) is 1. The van der Waals surface area contributed by atoms with Crippen LogP contribution in [-0.4, -0.2) is 28.7 Å². The largest absolute Gasteiger partial charge is 0.480 e. The molecule has 0 saturated heterocycles. The molecule has 17 heavy (non-hydrogen) atoms. The molecule has 0 bridgehead atoms. The highest BCUT2D eigenvalue weighted by Crippen LogP contribution is 2.33. The Morgan fingerprint density at radius 3 is 2.41 bits per heavy atom. The molecule has 0 aromatic rings. The second-order valence-corrected chi connectivity index (χ2v) is 4.54. The van der Waals surface area contributed by atoms with E-state index in [9.17, 15) is 22.8 Å². The first-order chi connectivity index (χ1) is 7.67. The Balaban J connectivity index is 2.86. The summed E-state index contributed by atoms with van der Waals surface area (Å²) in [5, 5.41) is 10.7. The van der Waals surface area contributed by atoms with Crippen molar-refractivity contribution < 1.29 is 27.9 Å². The molecule has 1 saturated carbocycles. The van der Waals surface area contributed by atoms with E-state index in [1.165, 1.54) is 0 Å². The lowest BCUT2D eigenvalue weighted by atomic mass is 9.76. The van der Waals surface area contributed by atoms with Crippen LogP contribution in [0.4, 0.5) is 13.2 Å². The number of amides is 1. The van der Waals surface area contributed by atoms with E-state index in [0.29, 0.717) is 6.42 Å². The highest BCUT2D eigenvalue weighted by atomic mass is 19.4. The Labute approximate surface area is 96.2 Å². The molecule has 0 spiro atoms. The van der Waals surface area contributed by atoms with Gasteiger partial charge in [-0.05, 0) is 18.8 Å². The zero-order valence-electron chi connectivity index (χ0n) is 9.30. The van der Waals surface area contributed by atoms with Gasteiger partial charge in [-0.2, -0.15) is 13.2 Å². The zero-order chi connectivity index (χ0) is 13.3. The maximum absolute atomic E-state index is 12.1. The van der Waals surface area contributed by atoms with E-state index in [1.807, 2.05) is 0 Å². The maximum Gasteiger partial charge on any atom is 0.471 e. The first kappa shape index (κ1) is 13.8. The summed E-state index contributed by atoms with van der Waals surface area (Å²) in [5.41, 5.74) is -1.77. The van der Waals surface area contributed by atoms with E-state index < -0.39 is 23.6 Å². The van der Waals surface area contributed by atoms with Crippen molar-refractivity contribution in [3.05, 3.63) is 0 Å². The van der Waals surface area contributed by atoms with E-state index in [-0.39, 0.29) is 18.8 Å². The molecule has 0 radical (unpaired) electrons. The Kier molecular flexibility index (Phi) is 3.68. The molecule has 1 aliphatic carbocycles.